The second-order valence-electron chi connectivity index (χ2n) is 4.21. The Labute approximate surface area is 91.4 Å². The van der Waals surface area contributed by atoms with Crippen molar-refractivity contribution in [1.82, 2.24) is 5.32 Å². The van der Waals surface area contributed by atoms with Gasteiger partial charge in [0.15, 0.2) is 0 Å². The minimum Gasteiger partial charge on any atom is -0.468 e. The highest BCUT2D eigenvalue weighted by Gasteiger charge is 2.04. The molecule has 0 unspecified atom stereocenters. The largest absolute Gasteiger partial charge is 0.468 e. The Hall–Kier alpha value is -1.02. The van der Waals surface area contributed by atoms with Crippen molar-refractivity contribution >= 4 is 0 Å². The number of nitrogens with one attached hydrogen (secondary N) is 1. The van der Waals surface area contributed by atoms with Crippen LogP contribution in [-0.2, 0) is 6.54 Å². The molecule has 0 atom stereocenters. The van der Waals surface area contributed by atoms with Gasteiger partial charge in [-0.1, -0.05) is 11.6 Å². The number of aryl methyl sites for hydroxylation is 1. The SMILES string of the molecule is Cc1ccoc1CNCCC1=CCCC1. The molecule has 0 radical (unpaired) electrons. The van der Waals surface area contributed by atoms with Crippen LogP contribution in [0.1, 0.15) is 37.0 Å². The van der Waals surface area contributed by atoms with Gasteiger partial charge in [-0.3, -0.25) is 0 Å². The van der Waals surface area contributed by atoms with Crippen LogP contribution in [0.5, 0.6) is 0 Å². The molecule has 0 aromatic carbocycles. The first-order valence-electron chi connectivity index (χ1n) is 5.78. The fraction of sp³-hybridized carbons (Fsp3) is 0.538. The lowest BCUT2D eigenvalue weighted by molar-refractivity contribution is 0.481. The fourth-order valence-corrected chi connectivity index (χ4v) is 2.00. The maximum Gasteiger partial charge on any atom is 0.120 e. The van der Waals surface area contributed by atoms with Gasteiger partial charge in [0.25, 0.3) is 0 Å². The number of hydrogen-bond donors (Lipinski definition) is 1. The molecule has 2 nitrogen and oxygen atoms in total. The van der Waals surface area contributed by atoms with Gasteiger partial charge in [-0.2, -0.15) is 0 Å². The van der Waals surface area contributed by atoms with Gasteiger partial charge in [0.1, 0.15) is 5.76 Å². The lowest BCUT2D eigenvalue weighted by Crippen LogP contribution is -2.15. The molecule has 15 heavy (non-hydrogen) atoms. The predicted molar refractivity (Wildman–Crippen MR) is 61.7 cm³/mol. The molecule has 0 fully saturated rings. The molecule has 0 saturated heterocycles. The van der Waals surface area contributed by atoms with E-state index in [2.05, 4.69) is 18.3 Å². The molecule has 1 aliphatic rings. The van der Waals surface area contributed by atoms with E-state index in [9.17, 15) is 0 Å². The molecule has 0 spiro atoms. The highest BCUT2D eigenvalue weighted by atomic mass is 16.3. The summed E-state index contributed by atoms with van der Waals surface area (Å²) in [5, 5.41) is 3.42. The van der Waals surface area contributed by atoms with E-state index in [0.717, 1.165) is 18.8 Å². The van der Waals surface area contributed by atoms with Gasteiger partial charge in [0, 0.05) is 0 Å². The molecule has 2 rings (SSSR count). The molecule has 82 valence electrons. The van der Waals surface area contributed by atoms with Gasteiger partial charge in [-0.05, 0) is 50.8 Å². The summed E-state index contributed by atoms with van der Waals surface area (Å²) in [4.78, 5) is 0. The summed E-state index contributed by atoms with van der Waals surface area (Å²) < 4.78 is 5.36. The van der Waals surface area contributed by atoms with Crippen molar-refractivity contribution in [2.24, 2.45) is 0 Å². The van der Waals surface area contributed by atoms with E-state index in [1.807, 2.05) is 6.07 Å². The van der Waals surface area contributed by atoms with E-state index in [1.165, 1.54) is 31.2 Å². The van der Waals surface area contributed by atoms with Crippen LogP contribution < -0.4 is 5.32 Å². The Morgan fingerprint density at radius 3 is 3.07 bits per heavy atom. The third-order valence-electron chi connectivity index (χ3n) is 3.01. The summed E-state index contributed by atoms with van der Waals surface area (Å²) in [6, 6.07) is 2.01. The minimum absolute atomic E-state index is 0.853. The van der Waals surface area contributed by atoms with Crippen molar-refractivity contribution in [2.45, 2.75) is 39.2 Å². The van der Waals surface area contributed by atoms with Crippen LogP contribution in [0.3, 0.4) is 0 Å². The van der Waals surface area contributed by atoms with E-state index in [0.29, 0.717) is 0 Å². The molecule has 0 aliphatic heterocycles. The molecule has 2 heteroatoms. The van der Waals surface area contributed by atoms with E-state index in [-0.39, 0.29) is 0 Å². The summed E-state index contributed by atoms with van der Waals surface area (Å²) >= 11 is 0. The second kappa shape index (κ2) is 5.17. The summed E-state index contributed by atoms with van der Waals surface area (Å²) in [5.74, 6) is 1.07. The molecule has 1 N–H and O–H groups in total. The van der Waals surface area contributed by atoms with Gasteiger partial charge in [0.05, 0.1) is 12.8 Å². The van der Waals surface area contributed by atoms with E-state index < -0.39 is 0 Å². The van der Waals surface area contributed by atoms with Crippen LogP contribution in [0.15, 0.2) is 28.4 Å². The van der Waals surface area contributed by atoms with Crippen molar-refractivity contribution in [3.8, 4) is 0 Å². The monoisotopic (exact) mass is 205 g/mol. The molecule has 0 amide bonds. The van der Waals surface area contributed by atoms with Crippen LogP contribution in [0.2, 0.25) is 0 Å². The Morgan fingerprint density at radius 2 is 2.40 bits per heavy atom. The predicted octanol–water partition coefficient (Wildman–Crippen LogP) is 3.18. The van der Waals surface area contributed by atoms with Crippen molar-refractivity contribution in [2.75, 3.05) is 6.54 Å². The Kier molecular flexibility index (Phi) is 3.62. The normalized spacial score (nSPS) is 15.7. The first kappa shape index (κ1) is 10.5. The zero-order valence-corrected chi connectivity index (χ0v) is 9.38. The van der Waals surface area contributed by atoms with Crippen LogP contribution in [-0.4, -0.2) is 6.54 Å². The average molecular weight is 205 g/mol. The maximum atomic E-state index is 5.36. The summed E-state index contributed by atoms with van der Waals surface area (Å²) in [6.45, 7) is 4.00. The summed E-state index contributed by atoms with van der Waals surface area (Å²) in [7, 11) is 0. The van der Waals surface area contributed by atoms with E-state index in [1.54, 1.807) is 11.8 Å². The molecule has 0 saturated carbocycles. The summed E-state index contributed by atoms with van der Waals surface area (Å²) in [5.41, 5.74) is 2.86. The van der Waals surface area contributed by atoms with Crippen LogP contribution >= 0.6 is 0 Å². The smallest absolute Gasteiger partial charge is 0.120 e. The first-order valence-corrected chi connectivity index (χ1v) is 5.78. The third-order valence-corrected chi connectivity index (χ3v) is 3.01. The average Bonchev–Trinajstić information content (AvgIpc) is 2.85. The maximum absolute atomic E-state index is 5.36. The molecule has 0 bridgehead atoms. The summed E-state index contributed by atoms with van der Waals surface area (Å²) in [6.07, 6.45) is 9.28. The molecule has 1 aromatic rings. The van der Waals surface area contributed by atoms with E-state index >= 15 is 0 Å². The Morgan fingerprint density at radius 1 is 1.47 bits per heavy atom. The number of hydrogen-bond acceptors (Lipinski definition) is 2. The van der Waals surface area contributed by atoms with Gasteiger partial charge >= 0.3 is 0 Å². The zero-order chi connectivity index (χ0) is 10.5. The van der Waals surface area contributed by atoms with Crippen molar-refractivity contribution in [1.29, 1.82) is 0 Å². The fourth-order valence-electron chi connectivity index (χ4n) is 2.00. The van der Waals surface area contributed by atoms with Crippen LogP contribution in [0.4, 0.5) is 0 Å². The minimum atomic E-state index is 0.853. The third kappa shape index (κ3) is 2.96. The van der Waals surface area contributed by atoms with Crippen molar-refractivity contribution < 1.29 is 4.42 Å². The van der Waals surface area contributed by atoms with Crippen molar-refractivity contribution in [3.63, 3.8) is 0 Å². The van der Waals surface area contributed by atoms with Gasteiger partial charge in [-0.25, -0.2) is 0 Å². The Bertz CT molecular complexity index is 338. The second-order valence-corrected chi connectivity index (χ2v) is 4.21. The number of furan rings is 1. The number of rotatable bonds is 5. The topological polar surface area (TPSA) is 25.2 Å². The van der Waals surface area contributed by atoms with Crippen LogP contribution in [0.25, 0.3) is 0 Å². The lowest BCUT2D eigenvalue weighted by Gasteiger charge is -2.04. The van der Waals surface area contributed by atoms with Crippen LogP contribution in [0, 0.1) is 6.92 Å². The lowest BCUT2D eigenvalue weighted by atomic mass is 10.1. The molecule has 1 aromatic heterocycles. The van der Waals surface area contributed by atoms with Gasteiger partial charge < -0.3 is 9.73 Å². The highest BCUT2D eigenvalue weighted by Crippen LogP contribution is 2.19. The molecule has 1 heterocycles. The van der Waals surface area contributed by atoms with Gasteiger partial charge in [-0.15, -0.1) is 0 Å². The first-order chi connectivity index (χ1) is 7.36. The Balaban J connectivity index is 1.65. The molecular formula is C13H19NO. The van der Waals surface area contributed by atoms with Gasteiger partial charge in [0.2, 0.25) is 0 Å². The van der Waals surface area contributed by atoms with Crippen molar-refractivity contribution in [3.05, 3.63) is 35.3 Å². The molecular weight excluding hydrogens is 186 g/mol. The zero-order valence-electron chi connectivity index (χ0n) is 9.38. The van der Waals surface area contributed by atoms with E-state index in [4.69, 9.17) is 4.42 Å². The highest BCUT2D eigenvalue weighted by molar-refractivity contribution is 5.14. The standard InChI is InChI=1S/C13H19NO/c1-11-7-9-15-13(11)10-14-8-6-12-4-2-3-5-12/h4,7,9,14H,2-3,5-6,8,10H2,1H3. The number of allylic oxidation sites excluding steroid dienone is 1. The quantitative estimate of drug-likeness (QED) is 0.590. The molecule has 1 aliphatic carbocycles.